The van der Waals surface area contributed by atoms with Gasteiger partial charge in [-0.2, -0.15) is 0 Å². The van der Waals surface area contributed by atoms with Crippen LogP contribution in [0.3, 0.4) is 0 Å². The van der Waals surface area contributed by atoms with Crippen molar-refractivity contribution in [2.24, 2.45) is 0 Å². The molecular formula is C44H29NO. The Morgan fingerprint density at radius 1 is 0.370 bits per heavy atom. The lowest BCUT2D eigenvalue weighted by Gasteiger charge is -2.27. The van der Waals surface area contributed by atoms with E-state index >= 15 is 0 Å². The molecule has 0 bridgehead atoms. The third-order valence-electron chi connectivity index (χ3n) is 9.03. The Morgan fingerprint density at radius 3 is 1.93 bits per heavy atom. The van der Waals surface area contributed by atoms with E-state index < -0.39 is 0 Å². The number of hydrogen-bond donors (Lipinski definition) is 0. The highest BCUT2D eigenvalue weighted by Gasteiger charge is 2.18. The lowest BCUT2D eigenvalue weighted by Crippen LogP contribution is -2.10. The molecule has 1 heterocycles. The van der Waals surface area contributed by atoms with E-state index in [1.165, 1.54) is 32.7 Å². The van der Waals surface area contributed by atoms with Gasteiger partial charge in [-0.15, -0.1) is 0 Å². The zero-order valence-corrected chi connectivity index (χ0v) is 25.1. The minimum atomic E-state index is 0.902. The van der Waals surface area contributed by atoms with Crippen LogP contribution in [-0.4, -0.2) is 0 Å². The Morgan fingerprint density at radius 2 is 1.04 bits per heavy atom. The van der Waals surface area contributed by atoms with Crippen LogP contribution in [0.5, 0.6) is 0 Å². The summed E-state index contributed by atoms with van der Waals surface area (Å²) in [6.45, 7) is 0. The van der Waals surface area contributed by atoms with Crippen LogP contribution in [0.4, 0.5) is 17.1 Å². The molecule has 0 atom stereocenters. The Balaban J connectivity index is 1.20. The summed E-state index contributed by atoms with van der Waals surface area (Å²) < 4.78 is 6.24. The maximum atomic E-state index is 6.24. The molecule has 0 aliphatic carbocycles. The molecule has 9 rings (SSSR count). The predicted octanol–water partition coefficient (Wildman–Crippen LogP) is 12.7. The molecular weight excluding hydrogens is 558 g/mol. The molecule has 46 heavy (non-hydrogen) atoms. The summed E-state index contributed by atoms with van der Waals surface area (Å²) in [7, 11) is 0. The second-order valence-electron chi connectivity index (χ2n) is 11.8. The molecule has 1 aromatic heterocycles. The highest BCUT2D eigenvalue weighted by molar-refractivity contribution is 6.12. The van der Waals surface area contributed by atoms with Gasteiger partial charge in [0.2, 0.25) is 0 Å². The first-order valence-electron chi connectivity index (χ1n) is 15.7. The average Bonchev–Trinajstić information content (AvgIpc) is 3.51. The van der Waals surface area contributed by atoms with Crippen LogP contribution >= 0.6 is 0 Å². The van der Waals surface area contributed by atoms with Crippen LogP contribution in [0.15, 0.2) is 180 Å². The Hall–Kier alpha value is -6.12. The molecule has 2 heteroatoms. The van der Waals surface area contributed by atoms with Gasteiger partial charge < -0.3 is 9.32 Å². The highest BCUT2D eigenvalue weighted by Crippen LogP contribution is 2.42. The van der Waals surface area contributed by atoms with Crippen LogP contribution in [-0.2, 0) is 0 Å². The number of anilines is 3. The number of hydrogen-bond acceptors (Lipinski definition) is 2. The van der Waals surface area contributed by atoms with Crippen LogP contribution < -0.4 is 4.90 Å². The maximum Gasteiger partial charge on any atom is 0.136 e. The van der Waals surface area contributed by atoms with Gasteiger partial charge in [-0.3, -0.25) is 0 Å². The second-order valence-corrected chi connectivity index (χ2v) is 11.8. The molecule has 0 saturated heterocycles. The van der Waals surface area contributed by atoms with Gasteiger partial charge in [0.15, 0.2) is 0 Å². The van der Waals surface area contributed by atoms with E-state index in [9.17, 15) is 0 Å². The van der Waals surface area contributed by atoms with Crippen molar-refractivity contribution in [2.45, 2.75) is 0 Å². The maximum absolute atomic E-state index is 6.24. The van der Waals surface area contributed by atoms with Crippen molar-refractivity contribution in [1.29, 1.82) is 0 Å². The third-order valence-corrected chi connectivity index (χ3v) is 9.03. The fourth-order valence-corrected chi connectivity index (χ4v) is 6.83. The molecule has 0 N–H and O–H groups in total. The van der Waals surface area contributed by atoms with Crippen molar-refractivity contribution >= 4 is 60.5 Å². The molecule has 0 aliphatic rings. The van der Waals surface area contributed by atoms with E-state index in [0.29, 0.717) is 0 Å². The van der Waals surface area contributed by atoms with E-state index in [1.807, 2.05) is 12.1 Å². The van der Waals surface area contributed by atoms with E-state index in [2.05, 4.69) is 169 Å². The van der Waals surface area contributed by atoms with Crippen molar-refractivity contribution in [3.05, 3.63) is 176 Å². The largest absolute Gasteiger partial charge is 0.456 e. The lowest BCUT2D eigenvalue weighted by molar-refractivity contribution is 0.669. The Kier molecular flexibility index (Phi) is 6.17. The monoisotopic (exact) mass is 587 g/mol. The first-order chi connectivity index (χ1) is 22.8. The van der Waals surface area contributed by atoms with Gasteiger partial charge in [0.05, 0.1) is 5.69 Å². The minimum absolute atomic E-state index is 0.902. The quantitative estimate of drug-likeness (QED) is 0.199. The number of rotatable bonds is 5. The van der Waals surface area contributed by atoms with Crippen LogP contribution in [0, 0.1) is 0 Å². The Labute approximate surface area is 267 Å². The first kappa shape index (κ1) is 26.3. The lowest BCUT2D eigenvalue weighted by atomic mass is 9.98. The van der Waals surface area contributed by atoms with E-state index in [1.54, 1.807) is 0 Å². The van der Waals surface area contributed by atoms with Gasteiger partial charge in [-0.1, -0.05) is 127 Å². The van der Waals surface area contributed by atoms with Gasteiger partial charge in [0.1, 0.15) is 11.2 Å². The summed E-state index contributed by atoms with van der Waals surface area (Å²) >= 11 is 0. The number of para-hydroxylation sites is 1. The minimum Gasteiger partial charge on any atom is -0.456 e. The summed E-state index contributed by atoms with van der Waals surface area (Å²) in [5, 5.41) is 7.20. The summed E-state index contributed by atoms with van der Waals surface area (Å²) in [6.07, 6.45) is 0. The van der Waals surface area contributed by atoms with Crippen LogP contribution in [0.1, 0.15) is 0 Å². The molecule has 0 fully saturated rings. The Bertz CT molecular complexity index is 2530. The SMILES string of the molecule is c1cc(-c2cccc3oc4ccccc4c23)cc(N(c2ccc(-c3ccc4ccccc4c3)cc2)c2cccc3ccccc23)c1. The molecule has 0 amide bonds. The van der Waals surface area contributed by atoms with E-state index in [4.69, 9.17) is 4.42 Å². The van der Waals surface area contributed by atoms with Crippen LogP contribution in [0.2, 0.25) is 0 Å². The van der Waals surface area contributed by atoms with E-state index in [-0.39, 0.29) is 0 Å². The highest BCUT2D eigenvalue weighted by atomic mass is 16.3. The molecule has 2 nitrogen and oxygen atoms in total. The molecule has 0 aliphatic heterocycles. The van der Waals surface area contributed by atoms with Crippen molar-refractivity contribution < 1.29 is 4.42 Å². The molecule has 0 radical (unpaired) electrons. The number of benzene rings is 8. The molecule has 216 valence electrons. The summed E-state index contributed by atoms with van der Waals surface area (Å²) in [5.41, 5.74) is 9.86. The number of furan rings is 1. The molecule has 8 aromatic carbocycles. The van der Waals surface area contributed by atoms with Gasteiger partial charge in [0.25, 0.3) is 0 Å². The third kappa shape index (κ3) is 4.43. The van der Waals surface area contributed by atoms with Gasteiger partial charge in [-0.05, 0) is 86.9 Å². The second kappa shape index (κ2) is 10.8. The standard InChI is InChI=1S/C44H29NO/c1-2-12-33-28-34(23-22-30(33)10-1)31-24-26-36(27-25-31)45(41-19-8-13-32-11-3-4-16-38(32)41)37-15-7-14-35(29-37)39-18-9-21-43-44(39)40-17-5-6-20-42(40)46-43/h1-29H. The summed E-state index contributed by atoms with van der Waals surface area (Å²) in [4.78, 5) is 2.38. The number of nitrogens with zero attached hydrogens (tertiary/aromatic N) is 1. The fraction of sp³-hybridized carbons (Fsp3) is 0. The van der Waals surface area contributed by atoms with Gasteiger partial charge >= 0.3 is 0 Å². The first-order valence-corrected chi connectivity index (χ1v) is 15.7. The molecule has 0 spiro atoms. The van der Waals surface area contributed by atoms with Crippen molar-refractivity contribution in [1.82, 2.24) is 0 Å². The topological polar surface area (TPSA) is 16.4 Å². The predicted molar refractivity (Wildman–Crippen MR) is 194 cm³/mol. The molecule has 0 saturated carbocycles. The smallest absolute Gasteiger partial charge is 0.136 e. The van der Waals surface area contributed by atoms with Crippen molar-refractivity contribution in [3.63, 3.8) is 0 Å². The van der Waals surface area contributed by atoms with Gasteiger partial charge in [0, 0.05) is 27.5 Å². The van der Waals surface area contributed by atoms with Crippen LogP contribution in [0.25, 0.3) is 65.7 Å². The molecule has 0 unspecified atom stereocenters. The van der Waals surface area contributed by atoms with E-state index in [0.717, 1.165) is 50.1 Å². The fourth-order valence-electron chi connectivity index (χ4n) is 6.83. The zero-order chi connectivity index (χ0) is 30.5. The van der Waals surface area contributed by atoms with Gasteiger partial charge in [-0.25, -0.2) is 0 Å². The molecule has 9 aromatic rings. The normalized spacial score (nSPS) is 11.5. The van der Waals surface area contributed by atoms with Crippen molar-refractivity contribution in [3.8, 4) is 22.3 Å². The van der Waals surface area contributed by atoms with Crippen molar-refractivity contribution in [2.75, 3.05) is 4.90 Å². The average molecular weight is 588 g/mol. The number of fused-ring (bicyclic) bond motifs is 5. The summed E-state index contributed by atoms with van der Waals surface area (Å²) in [5.74, 6) is 0. The zero-order valence-electron chi connectivity index (χ0n) is 25.1. The summed E-state index contributed by atoms with van der Waals surface area (Å²) in [6, 6.07) is 62.8.